The topological polar surface area (TPSA) is 46.7 Å². The SMILES string of the molecule is CC(C)=CCCC(C)=CCCC1(C)OC1CCC(C)=CCC1=C(C)C(=O)c2ccccc2C1=O. The minimum Gasteiger partial charge on any atom is -0.366 e. The third kappa shape index (κ3) is 6.54. The van der Waals surface area contributed by atoms with Gasteiger partial charge in [-0.15, -0.1) is 0 Å². The Labute approximate surface area is 205 Å². The molecule has 0 saturated carbocycles. The number of carbonyl (C=O) groups is 2. The lowest BCUT2D eigenvalue weighted by Crippen LogP contribution is -2.20. The van der Waals surface area contributed by atoms with Gasteiger partial charge in [0.2, 0.25) is 0 Å². The van der Waals surface area contributed by atoms with Crippen molar-refractivity contribution in [3.63, 3.8) is 0 Å². The van der Waals surface area contributed by atoms with E-state index in [1.165, 1.54) is 16.7 Å². The first-order chi connectivity index (χ1) is 16.1. The molecule has 0 N–H and O–H groups in total. The van der Waals surface area contributed by atoms with Gasteiger partial charge in [-0.2, -0.15) is 0 Å². The second-order valence-electron chi connectivity index (χ2n) is 10.4. The number of benzene rings is 1. The molecule has 2 aliphatic rings. The Kier molecular flexibility index (Phi) is 8.65. The second-order valence-corrected chi connectivity index (χ2v) is 10.4. The molecule has 1 heterocycles. The molecule has 0 radical (unpaired) electrons. The van der Waals surface area contributed by atoms with Crippen molar-refractivity contribution in [3.8, 4) is 0 Å². The summed E-state index contributed by atoms with van der Waals surface area (Å²) in [6, 6.07) is 7.12. The molecule has 3 heteroatoms. The van der Waals surface area contributed by atoms with E-state index < -0.39 is 0 Å². The molecule has 0 aromatic heterocycles. The standard InChI is InChI=1S/C31H40O3/c1-21(2)11-9-12-22(3)13-10-20-31(6)28(34-31)19-17-23(4)16-18-25-24(5)29(32)26-14-7-8-15-27(26)30(25)33/h7-8,11,13-16,28H,9-10,12,17-20H2,1-6H3. The van der Waals surface area contributed by atoms with Crippen LogP contribution in [0.4, 0.5) is 0 Å². The summed E-state index contributed by atoms with van der Waals surface area (Å²) >= 11 is 0. The van der Waals surface area contributed by atoms with E-state index in [0.29, 0.717) is 34.8 Å². The van der Waals surface area contributed by atoms with Crippen molar-refractivity contribution in [3.05, 3.63) is 81.5 Å². The first-order valence-electron chi connectivity index (χ1n) is 12.6. The molecule has 34 heavy (non-hydrogen) atoms. The number of rotatable bonds is 11. The molecule has 3 nitrogen and oxygen atoms in total. The van der Waals surface area contributed by atoms with Gasteiger partial charge in [-0.1, -0.05) is 59.2 Å². The lowest BCUT2D eigenvalue weighted by Gasteiger charge is -2.18. The number of hydrogen-bond acceptors (Lipinski definition) is 3. The zero-order chi connectivity index (χ0) is 24.9. The van der Waals surface area contributed by atoms with Crippen molar-refractivity contribution in [1.82, 2.24) is 0 Å². The highest BCUT2D eigenvalue weighted by Gasteiger charge is 2.50. The molecule has 2 unspecified atom stereocenters. The van der Waals surface area contributed by atoms with Gasteiger partial charge in [0.15, 0.2) is 11.6 Å². The Morgan fingerprint density at radius 1 is 0.912 bits per heavy atom. The van der Waals surface area contributed by atoms with Crippen LogP contribution in [-0.2, 0) is 4.74 Å². The maximum atomic E-state index is 12.9. The molecule has 3 rings (SSSR count). The average molecular weight is 461 g/mol. The molecule has 0 bridgehead atoms. The van der Waals surface area contributed by atoms with Crippen molar-refractivity contribution in [2.24, 2.45) is 0 Å². The van der Waals surface area contributed by atoms with Crippen molar-refractivity contribution in [2.45, 2.75) is 98.2 Å². The number of fused-ring (bicyclic) bond motifs is 1. The number of Topliss-reactive ketones (excluding diaryl/α,β-unsaturated/α-hetero) is 2. The summed E-state index contributed by atoms with van der Waals surface area (Å²) in [7, 11) is 0. The highest BCUT2D eigenvalue weighted by Crippen LogP contribution is 2.43. The van der Waals surface area contributed by atoms with Crippen molar-refractivity contribution in [1.29, 1.82) is 0 Å². The fourth-order valence-electron chi connectivity index (χ4n) is 4.70. The number of ether oxygens (including phenoxy) is 1. The van der Waals surface area contributed by atoms with E-state index in [9.17, 15) is 9.59 Å². The summed E-state index contributed by atoms with van der Waals surface area (Å²) in [5.41, 5.74) is 6.34. The summed E-state index contributed by atoms with van der Waals surface area (Å²) < 4.78 is 6.06. The zero-order valence-electron chi connectivity index (χ0n) is 21.8. The van der Waals surface area contributed by atoms with Crippen LogP contribution in [-0.4, -0.2) is 23.3 Å². The van der Waals surface area contributed by atoms with Crippen LogP contribution in [0.5, 0.6) is 0 Å². The summed E-state index contributed by atoms with van der Waals surface area (Å²) in [5, 5.41) is 0. The molecule has 1 aromatic rings. The Morgan fingerprint density at radius 2 is 1.56 bits per heavy atom. The molecule has 1 fully saturated rings. The predicted molar refractivity (Wildman–Crippen MR) is 140 cm³/mol. The van der Waals surface area contributed by atoms with E-state index in [-0.39, 0.29) is 17.2 Å². The van der Waals surface area contributed by atoms with E-state index in [2.05, 4.69) is 52.8 Å². The second kappa shape index (κ2) is 11.3. The van der Waals surface area contributed by atoms with Crippen molar-refractivity contribution < 1.29 is 14.3 Å². The average Bonchev–Trinajstić information content (AvgIpc) is 3.45. The monoisotopic (exact) mass is 460 g/mol. The first kappa shape index (κ1) is 26.1. The summed E-state index contributed by atoms with van der Waals surface area (Å²) in [6.07, 6.45) is 13.9. The van der Waals surface area contributed by atoms with Crippen LogP contribution in [0.15, 0.2) is 70.4 Å². The molecular formula is C31H40O3. The van der Waals surface area contributed by atoms with E-state index in [1.54, 1.807) is 19.1 Å². The molecular weight excluding hydrogens is 420 g/mol. The van der Waals surface area contributed by atoms with E-state index in [0.717, 1.165) is 38.5 Å². The third-order valence-electron chi connectivity index (χ3n) is 7.20. The lowest BCUT2D eigenvalue weighted by atomic mass is 9.83. The number of allylic oxidation sites excluding steroid dienone is 8. The molecule has 1 aliphatic heterocycles. The molecule has 1 aliphatic carbocycles. The summed E-state index contributed by atoms with van der Waals surface area (Å²) in [4.78, 5) is 25.6. The van der Waals surface area contributed by atoms with Gasteiger partial charge in [0.1, 0.15) is 0 Å². The van der Waals surface area contributed by atoms with Gasteiger partial charge >= 0.3 is 0 Å². The normalized spacial score (nSPS) is 22.7. The van der Waals surface area contributed by atoms with Gasteiger partial charge in [0, 0.05) is 22.3 Å². The van der Waals surface area contributed by atoms with Crippen molar-refractivity contribution >= 4 is 11.6 Å². The number of ketones is 2. The maximum absolute atomic E-state index is 12.9. The van der Waals surface area contributed by atoms with E-state index in [1.807, 2.05) is 12.1 Å². The molecule has 0 spiro atoms. The highest BCUT2D eigenvalue weighted by molar-refractivity contribution is 6.26. The third-order valence-corrected chi connectivity index (χ3v) is 7.20. The summed E-state index contributed by atoms with van der Waals surface area (Å²) in [6.45, 7) is 12.6. The van der Waals surface area contributed by atoms with Gasteiger partial charge in [-0.3, -0.25) is 9.59 Å². The number of hydrogen-bond donors (Lipinski definition) is 0. The van der Waals surface area contributed by atoms with Gasteiger partial charge < -0.3 is 4.74 Å². The largest absolute Gasteiger partial charge is 0.366 e. The molecule has 0 amide bonds. The van der Waals surface area contributed by atoms with Crippen LogP contribution >= 0.6 is 0 Å². The number of carbonyl (C=O) groups excluding carboxylic acids is 2. The smallest absolute Gasteiger partial charge is 0.190 e. The van der Waals surface area contributed by atoms with Gasteiger partial charge in [-0.25, -0.2) is 0 Å². The minimum absolute atomic E-state index is 0.00838. The quantitative estimate of drug-likeness (QED) is 0.247. The first-order valence-corrected chi connectivity index (χ1v) is 12.6. The molecule has 182 valence electrons. The van der Waals surface area contributed by atoms with E-state index in [4.69, 9.17) is 4.74 Å². The molecule has 1 saturated heterocycles. The van der Waals surface area contributed by atoms with Gasteiger partial charge in [-0.05, 0) is 86.5 Å². The van der Waals surface area contributed by atoms with Crippen LogP contribution in [0.2, 0.25) is 0 Å². The fraction of sp³-hybridized carbons (Fsp3) is 0.484. The van der Waals surface area contributed by atoms with Crippen LogP contribution in [0.3, 0.4) is 0 Å². The minimum atomic E-state index is -0.0281. The molecule has 2 atom stereocenters. The van der Waals surface area contributed by atoms with Gasteiger partial charge in [0.05, 0.1) is 11.7 Å². The van der Waals surface area contributed by atoms with Crippen LogP contribution in [0.25, 0.3) is 0 Å². The van der Waals surface area contributed by atoms with Crippen LogP contribution in [0, 0.1) is 0 Å². The summed E-state index contributed by atoms with van der Waals surface area (Å²) in [5.74, 6) is -0.0429. The lowest BCUT2D eigenvalue weighted by molar-refractivity contribution is 0.0973. The Balaban J connectivity index is 1.46. The van der Waals surface area contributed by atoms with Crippen LogP contribution in [0.1, 0.15) is 107 Å². The Bertz CT molecular complexity index is 1060. The molecule has 1 aromatic carbocycles. The predicted octanol–water partition coefficient (Wildman–Crippen LogP) is 8.13. The van der Waals surface area contributed by atoms with Crippen molar-refractivity contribution in [2.75, 3.05) is 0 Å². The number of epoxide rings is 1. The van der Waals surface area contributed by atoms with Gasteiger partial charge in [0.25, 0.3) is 0 Å². The zero-order valence-corrected chi connectivity index (χ0v) is 21.8. The Morgan fingerprint density at radius 3 is 2.24 bits per heavy atom. The maximum Gasteiger partial charge on any atom is 0.190 e. The Hall–Kier alpha value is -2.52. The fourth-order valence-corrected chi connectivity index (χ4v) is 4.70. The van der Waals surface area contributed by atoms with Crippen LogP contribution < -0.4 is 0 Å². The van der Waals surface area contributed by atoms with E-state index >= 15 is 0 Å². The highest BCUT2D eigenvalue weighted by atomic mass is 16.6.